The number of hydrogen-bond donors (Lipinski definition) is 0. The molecule has 0 nitrogen and oxygen atoms in total. The lowest BCUT2D eigenvalue weighted by Gasteiger charge is -2.47. The zero-order chi connectivity index (χ0) is 12.7. The van der Waals surface area contributed by atoms with Crippen LogP contribution in [0.3, 0.4) is 0 Å². The zero-order valence-electron chi connectivity index (χ0n) is 12.7. The fourth-order valence-electron chi connectivity index (χ4n) is 4.41. The predicted molar refractivity (Wildman–Crippen MR) is 82.1 cm³/mol. The van der Waals surface area contributed by atoms with Crippen LogP contribution in [0.25, 0.3) is 0 Å². The molecule has 0 aromatic heterocycles. The van der Waals surface area contributed by atoms with E-state index in [0.29, 0.717) is 10.6 Å². The summed E-state index contributed by atoms with van der Waals surface area (Å²) in [7, 11) is 5.07. The number of hydrogen-bond acceptors (Lipinski definition) is 0. The minimum atomic E-state index is 0.488. The summed E-state index contributed by atoms with van der Waals surface area (Å²) in [6.45, 7) is 7.32. The minimum absolute atomic E-state index is 0.488. The lowest BCUT2D eigenvalue weighted by molar-refractivity contribution is 0.206. The van der Waals surface area contributed by atoms with Crippen LogP contribution in [-0.2, 0) is 0 Å². The molecule has 1 unspecified atom stereocenters. The van der Waals surface area contributed by atoms with Gasteiger partial charge in [0.05, 0.1) is 0 Å². The molecule has 0 bridgehead atoms. The highest BCUT2D eigenvalue weighted by Gasteiger charge is 2.49. The first-order valence-corrected chi connectivity index (χ1v) is 7.83. The SMILES string of the molecule is BC(B)(C1CCC2(CCCC2)C1)C(C)(C)CC. The summed E-state index contributed by atoms with van der Waals surface area (Å²) < 4.78 is 0. The van der Waals surface area contributed by atoms with Crippen molar-refractivity contribution in [2.24, 2.45) is 16.7 Å². The maximum Gasteiger partial charge on any atom is 0.100 e. The Balaban J connectivity index is 2.09. The van der Waals surface area contributed by atoms with Gasteiger partial charge in [-0.25, -0.2) is 0 Å². The van der Waals surface area contributed by atoms with Crippen LogP contribution in [-0.4, -0.2) is 15.7 Å². The van der Waals surface area contributed by atoms with E-state index in [4.69, 9.17) is 0 Å². The molecule has 2 rings (SSSR count). The third kappa shape index (κ3) is 2.22. The van der Waals surface area contributed by atoms with Crippen molar-refractivity contribution in [3.63, 3.8) is 0 Å². The molecule has 0 radical (unpaired) electrons. The van der Waals surface area contributed by atoms with Gasteiger partial charge in [-0.1, -0.05) is 51.7 Å². The minimum Gasteiger partial charge on any atom is -0.0769 e. The Morgan fingerprint density at radius 2 is 1.71 bits per heavy atom. The van der Waals surface area contributed by atoms with E-state index in [1.807, 2.05) is 0 Å². The van der Waals surface area contributed by atoms with Crippen LogP contribution >= 0.6 is 0 Å². The summed E-state index contributed by atoms with van der Waals surface area (Å²) in [4.78, 5) is 0. The average molecular weight is 232 g/mol. The zero-order valence-corrected chi connectivity index (χ0v) is 12.7. The summed E-state index contributed by atoms with van der Waals surface area (Å²) in [5, 5.41) is 0.508. The second kappa shape index (κ2) is 4.35. The second-order valence-electron chi connectivity index (χ2n) is 8.11. The molecular formula is C15H30B2. The van der Waals surface area contributed by atoms with Gasteiger partial charge < -0.3 is 0 Å². The van der Waals surface area contributed by atoms with Crippen LogP contribution in [0.2, 0.25) is 5.21 Å². The van der Waals surface area contributed by atoms with Gasteiger partial charge in [0.1, 0.15) is 15.7 Å². The standard InChI is InChI=1S/C15H30B2/c1-4-13(2,3)15(16,17)12-7-10-14(11-12)8-5-6-9-14/h12H,4-11,16-17H2,1-3H3. The van der Waals surface area contributed by atoms with Crippen LogP contribution in [0.4, 0.5) is 0 Å². The molecule has 2 heteroatoms. The topological polar surface area (TPSA) is 0 Å². The Morgan fingerprint density at radius 1 is 1.12 bits per heavy atom. The highest BCUT2D eigenvalue weighted by molar-refractivity contribution is 6.40. The Kier molecular flexibility index (Phi) is 3.47. The molecule has 0 aromatic carbocycles. The summed E-state index contributed by atoms with van der Waals surface area (Å²) in [6, 6.07) is 0. The van der Waals surface area contributed by atoms with Gasteiger partial charge in [0.15, 0.2) is 0 Å². The van der Waals surface area contributed by atoms with Crippen LogP contribution in [0, 0.1) is 16.7 Å². The van der Waals surface area contributed by atoms with E-state index >= 15 is 0 Å². The van der Waals surface area contributed by atoms with Gasteiger partial charge in [-0.05, 0) is 42.4 Å². The first kappa shape index (κ1) is 13.6. The summed E-state index contributed by atoms with van der Waals surface area (Å²) in [6.07, 6.45) is 11.9. The predicted octanol–water partition coefficient (Wildman–Crippen LogP) is 3.17. The molecule has 2 aliphatic carbocycles. The molecule has 1 spiro atoms. The van der Waals surface area contributed by atoms with Gasteiger partial charge in [0.2, 0.25) is 0 Å². The van der Waals surface area contributed by atoms with Crippen molar-refractivity contribution < 1.29 is 0 Å². The van der Waals surface area contributed by atoms with Gasteiger partial charge in [-0.15, -0.1) is 0 Å². The first-order chi connectivity index (χ1) is 7.83. The third-order valence-corrected chi connectivity index (χ3v) is 7.02. The molecular weight excluding hydrogens is 202 g/mol. The quantitative estimate of drug-likeness (QED) is 0.655. The summed E-state index contributed by atoms with van der Waals surface area (Å²) in [5.41, 5.74) is 1.27. The summed E-state index contributed by atoms with van der Waals surface area (Å²) in [5.74, 6) is 0.968. The third-order valence-electron chi connectivity index (χ3n) is 7.02. The maximum absolute atomic E-state index is 2.54. The van der Waals surface area contributed by atoms with Crippen molar-refractivity contribution in [2.75, 3.05) is 0 Å². The van der Waals surface area contributed by atoms with Gasteiger partial charge in [0.25, 0.3) is 0 Å². The number of rotatable bonds is 3. The molecule has 0 heterocycles. The highest BCUT2D eigenvalue weighted by atomic mass is 14.5. The molecule has 0 aromatic rings. The van der Waals surface area contributed by atoms with Gasteiger partial charge in [-0.3, -0.25) is 0 Å². The summed E-state index contributed by atoms with van der Waals surface area (Å²) >= 11 is 0. The van der Waals surface area contributed by atoms with Crippen LogP contribution in [0.1, 0.15) is 72.1 Å². The first-order valence-electron chi connectivity index (χ1n) is 7.83. The molecule has 0 amide bonds. The van der Waals surface area contributed by atoms with E-state index in [2.05, 4.69) is 36.5 Å². The molecule has 2 aliphatic rings. The van der Waals surface area contributed by atoms with E-state index in [9.17, 15) is 0 Å². The van der Waals surface area contributed by atoms with Crippen molar-refractivity contribution in [1.29, 1.82) is 0 Å². The smallest absolute Gasteiger partial charge is 0.0769 e. The highest BCUT2D eigenvalue weighted by Crippen LogP contribution is 2.61. The fraction of sp³-hybridized carbons (Fsp3) is 1.00. The van der Waals surface area contributed by atoms with Crippen LogP contribution in [0.15, 0.2) is 0 Å². The molecule has 0 saturated heterocycles. The second-order valence-corrected chi connectivity index (χ2v) is 8.11. The molecule has 0 aliphatic heterocycles. The Labute approximate surface area is 110 Å². The molecule has 1 atom stereocenters. The molecule has 0 N–H and O–H groups in total. The molecule has 96 valence electrons. The van der Waals surface area contributed by atoms with Gasteiger partial charge in [-0.2, -0.15) is 0 Å². The van der Waals surface area contributed by atoms with Crippen LogP contribution < -0.4 is 0 Å². The van der Waals surface area contributed by atoms with Crippen molar-refractivity contribution in [3.8, 4) is 0 Å². The van der Waals surface area contributed by atoms with E-state index in [1.54, 1.807) is 0 Å². The van der Waals surface area contributed by atoms with Gasteiger partial charge in [0, 0.05) is 0 Å². The van der Waals surface area contributed by atoms with Crippen molar-refractivity contribution >= 4 is 15.7 Å². The molecule has 2 fully saturated rings. The largest absolute Gasteiger partial charge is 0.100 e. The Morgan fingerprint density at radius 3 is 2.24 bits per heavy atom. The Hall–Kier alpha value is 0.130. The maximum atomic E-state index is 2.54. The lowest BCUT2D eigenvalue weighted by Crippen LogP contribution is -2.38. The van der Waals surface area contributed by atoms with Crippen molar-refractivity contribution in [3.05, 3.63) is 0 Å². The average Bonchev–Trinajstić information content (AvgIpc) is 2.90. The van der Waals surface area contributed by atoms with Crippen LogP contribution in [0.5, 0.6) is 0 Å². The van der Waals surface area contributed by atoms with Gasteiger partial charge >= 0.3 is 0 Å². The molecule has 2 saturated carbocycles. The molecule has 17 heavy (non-hydrogen) atoms. The van der Waals surface area contributed by atoms with E-state index in [1.165, 1.54) is 51.4 Å². The lowest BCUT2D eigenvalue weighted by atomic mass is 9.37. The van der Waals surface area contributed by atoms with Crippen molar-refractivity contribution in [1.82, 2.24) is 0 Å². The normalized spacial score (nSPS) is 29.0. The fourth-order valence-corrected chi connectivity index (χ4v) is 4.41. The van der Waals surface area contributed by atoms with E-state index in [-0.39, 0.29) is 0 Å². The van der Waals surface area contributed by atoms with Crippen molar-refractivity contribution in [2.45, 2.75) is 77.4 Å². The Bertz CT molecular complexity index is 275. The van der Waals surface area contributed by atoms with E-state index in [0.717, 1.165) is 11.3 Å². The van der Waals surface area contributed by atoms with E-state index < -0.39 is 0 Å². The monoisotopic (exact) mass is 232 g/mol.